The van der Waals surface area contributed by atoms with Crippen LogP contribution in [0.3, 0.4) is 0 Å². The van der Waals surface area contributed by atoms with Crippen molar-refractivity contribution in [3.8, 4) is 0 Å². The van der Waals surface area contributed by atoms with Crippen LogP contribution in [0.1, 0.15) is 24.8 Å². The fourth-order valence-corrected chi connectivity index (χ4v) is 3.47. The zero-order valence-electron chi connectivity index (χ0n) is 14.2. The fourth-order valence-electron chi connectivity index (χ4n) is 3.47. The molecule has 0 aliphatic carbocycles. The maximum absolute atomic E-state index is 13.2. The van der Waals surface area contributed by atoms with Crippen molar-refractivity contribution >= 4 is 12.0 Å². The molecule has 2 aliphatic rings. The predicted molar refractivity (Wildman–Crippen MR) is 92.2 cm³/mol. The second kappa shape index (κ2) is 7.22. The number of amides is 1. The van der Waals surface area contributed by atoms with E-state index in [2.05, 4.69) is 0 Å². The normalized spacial score (nSPS) is 27.1. The zero-order valence-corrected chi connectivity index (χ0v) is 14.2. The van der Waals surface area contributed by atoms with Gasteiger partial charge in [0.05, 0.1) is 12.1 Å². The van der Waals surface area contributed by atoms with Crippen molar-refractivity contribution in [3.05, 3.63) is 42.0 Å². The van der Waals surface area contributed by atoms with Crippen LogP contribution in [0, 0.1) is 0 Å². The van der Waals surface area contributed by atoms with E-state index in [1.165, 1.54) is 6.08 Å². The summed E-state index contributed by atoms with van der Waals surface area (Å²) in [6, 6.07) is 9.55. The molecule has 0 aromatic heterocycles. The lowest BCUT2D eigenvalue weighted by atomic mass is 10.00. The lowest BCUT2D eigenvalue weighted by molar-refractivity contribution is -0.126. The second-order valence-electron chi connectivity index (χ2n) is 7.11. The predicted octanol–water partition coefficient (Wildman–Crippen LogP) is 2.39. The number of halogens is 2. The first-order valence-corrected chi connectivity index (χ1v) is 8.70. The fraction of sp³-hybridized carbons (Fsp3) is 0.526. The topological polar surface area (TPSA) is 43.8 Å². The Bertz CT molecular complexity index is 626. The van der Waals surface area contributed by atoms with Gasteiger partial charge in [0.15, 0.2) is 0 Å². The summed E-state index contributed by atoms with van der Waals surface area (Å²) in [5.74, 6) is -2.72. The third kappa shape index (κ3) is 4.86. The summed E-state index contributed by atoms with van der Waals surface area (Å²) in [6.45, 7) is 1.65. The summed E-state index contributed by atoms with van der Waals surface area (Å²) in [6.07, 6.45) is 3.43. The van der Waals surface area contributed by atoms with Crippen LogP contribution in [-0.4, -0.2) is 65.1 Å². The second-order valence-corrected chi connectivity index (χ2v) is 7.11. The van der Waals surface area contributed by atoms with E-state index >= 15 is 0 Å². The van der Waals surface area contributed by atoms with Gasteiger partial charge in [-0.05, 0) is 18.1 Å². The van der Waals surface area contributed by atoms with Gasteiger partial charge in [0.2, 0.25) is 5.91 Å². The van der Waals surface area contributed by atoms with Crippen LogP contribution in [0.5, 0.6) is 0 Å². The molecule has 1 aromatic rings. The van der Waals surface area contributed by atoms with Gasteiger partial charge in [-0.3, -0.25) is 9.69 Å². The quantitative estimate of drug-likeness (QED) is 0.848. The number of aliphatic hydroxyl groups is 1. The highest BCUT2D eigenvalue weighted by Gasteiger charge is 2.41. The van der Waals surface area contributed by atoms with Crippen molar-refractivity contribution < 1.29 is 18.7 Å². The maximum Gasteiger partial charge on any atom is 0.250 e. The van der Waals surface area contributed by atoms with Gasteiger partial charge in [-0.1, -0.05) is 30.3 Å². The number of piperidine rings is 1. The molecule has 0 spiro atoms. The van der Waals surface area contributed by atoms with Crippen molar-refractivity contribution in [2.45, 2.75) is 30.8 Å². The molecule has 1 atom stereocenters. The van der Waals surface area contributed by atoms with E-state index in [1.807, 2.05) is 35.2 Å². The third-order valence-corrected chi connectivity index (χ3v) is 4.97. The third-order valence-electron chi connectivity index (χ3n) is 4.97. The number of likely N-dealkylation sites (tertiary alicyclic amines) is 2. The van der Waals surface area contributed by atoms with Crippen molar-refractivity contribution in [3.63, 3.8) is 0 Å². The van der Waals surface area contributed by atoms with Gasteiger partial charge in [-0.15, -0.1) is 0 Å². The molecular weight excluding hydrogens is 326 g/mol. The molecule has 1 unspecified atom stereocenters. The Labute approximate surface area is 146 Å². The van der Waals surface area contributed by atoms with Crippen LogP contribution < -0.4 is 0 Å². The summed E-state index contributed by atoms with van der Waals surface area (Å²) in [7, 11) is 0. The highest BCUT2D eigenvalue weighted by atomic mass is 19.3. The first-order chi connectivity index (χ1) is 11.9. The summed E-state index contributed by atoms with van der Waals surface area (Å²) in [5.41, 5.74) is -0.0670. The van der Waals surface area contributed by atoms with Crippen molar-refractivity contribution in [2.24, 2.45) is 0 Å². The number of alkyl halides is 2. The van der Waals surface area contributed by atoms with Gasteiger partial charge in [0.1, 0.15) is 0 Å². The maximum atomic E-state index is 13.2. The van der Waals surface area contributed by atoms with Crippen LogP contribution in [0.4, 0.5) is 8.78 Å². The number of rotatable bonds is 4. The minimum absolute atomic E-state index is 0.134. The molecule has 6 heteroatoms. The van der Waals surface area contributed by atoms with Crippen LogP contribution >= 0.6 is 0 Å². The molecule has 136 valence electrons. The van der Waals surface area contributed by atoms with Crippen molar-refractivity contribution in [1.29, 1.82) is 0 Å². The van der Waals surface area contributed by atoms with E-state index in [-0.39, 0.29) is 38.4 Å². The number of carbonyl (C=O) groups excluding carboxylic acids is 1. The number of carbonyl (C=O) groups is 1. The lowest BCUT2D eigenvalue weighted by Gasteiger charge is -2.36. The van der Waals surface area contributed by atoms with Gasteiger partial charge in [0.25, 0.3) is 5.92 Å². The highest BCUT2D eigenvalue weighted by Crippen LogP contribution is 2.30. The summed E-state index contributed by atoms with van der Waals surface area (Å²) in [4.78, 5) is 15.8. The number of hydrogen-bond donors (Lipinski definition) is 1. The summed E-state index contributed by atoms with van der Waals surface area (Å²) in [5, 5.41) is 10.7. The molecule has 4 nitrogen and oxygen atoms in total. The van der Waals surface area contributed by atoms with Crippen molar-refractivity contribution in [2.75, 3.05) is 32.7 Å². The molecule has 2 fully saturated rings. The molecule has 1 N–H and O–H groups in total. The molecule has 0 saturated carbocycles. The highest BCUT2D eigenvalue weighted by molar-refractivity contribution is 5.92. The molecule has 3 rings (SSSR count). The van der Waals surface area contributed by atoms with Crippen LogP contribution in [0.2, 0.25) is 0 Å². The SMILES string of the molecule is O=C(/C=C/c1ccccc1)N1CCC(O)(CN2CCC(F)(F)CC2)C1. The first-order valence-electron chi connectivity index (χ1n) is 8.70. The minimum atomic E-state index is -2.58. The number of benzene rings is 1. The zero-order chi connectivity index (χ0) is 17.9. The molecular formula is C19H24F2N2O2. The van der Waals surface area contributed by atoms with E-state index in [1.54, 1.807) is 11.0 Å². The van der Waals surface area contributed by atoms with E-state index in [0.717, 1.165) is 5.56 Å². The Morgan fingerprint density at radius 1 is 1.12 bits per heavy atom. The van der Waals surface area contributed by atoms with Gasteiger partial charge in [-0.25, -0.2) is 8.78 Å². The standard InChI is InChI=1S/C19H24F2N2O2/c20-19(21)9-11-22(12-10-19)14-18(25)8-13-23(15-18)17(24)7-6-16-4-2-1-3-5-16/h1-7,25H,8-15H2/b7-6+. The Morgan fingerprint density at radius 2 is 1.80 bits per heavy atom. The van der Waals surface area contributed by atoms with E-state index < -0.39 is 11.5 Å². The molecule has 1 amide bonds. The lowest BCUT2D eigenvalue weighted by Crippen LogP contribution is -2.49. The minimum Gasteiger partial charge on any atom is -0.387 e. The van der Waals surface area contributed by atoms with Crippen LogP contribution in [-0.2, 0) is 4.79 Å². The van der Waals surface area contributed by atoms with Gasteiger partial charge < -0.3 is 10.0 Å². The van der Waals surface area contributed by atoms with E-state index in [4.69, 9.17) is 0 Å². The van der Waals surface area contributed by atoms with Gasteiger partial charge >= 0.3 is 0 Å². The molecule has 1 aromatic carbocycles. The summed E-state index contributed by atoms with van der Waals surface area (Å²) >= 11 is 0. The largest absolute Gasteiger partial charge is 0.387 e. The Balaban J connectivity index is 1.52. The smallest absolute Gasteiger partial charge is 0.250 e. The molecule has 0 radical (unpaired) electrons. The van der Waals surface area contributed by atoms with Gasteiger partial charge in [-0.2, -0.15) is 0 Å². The monoisotopic (exact) mass is 350 g/mol. The first kappa shape index (κ1) is 18.0. The average molecular weight is 350 g/mol. The Hall–Kier alpha value is -1.79. The van der Waals surface area contributed by atoms with Crippen LogP contribution in [0.15, 0.2) is 36.4 Å². The van der Waals surface area contributed by atoms with E-state index in [9.17, 15) is 18.7 Å². The number of hydrogen-bond acceptors (Lipinski definition) is 3. The molecule has 0 bridgehead atoms. The van der Waals surface area contributed by atoms with E-state index in [0.29, 0.717) is 19.5 Å². The molecule has 2 aliphatic heterocycles. The average Bonchev–Trinajstić information content (AvgIpc) is 2.98. The number of nitrogens with zero attached hydrogens (tertiary/aromatic N) is 2. The van der Waals surface area contributed by atoms with Crippen LogP contribution in [0.25, 0.3) is 6.08 Å². The summed E-state index contributed by atoms with van der Waals surface area (Å²) < 4.78 is 26.5. The van der Waals surface area contributed by atoms with Gasteiger partial charge in [0, 0.05) is 45.1 Å². The van der Waals surface area contributed by atoms with Crippen molar-refractivity contribution in [1.82, 2.24) is 9.80 Å². The number of β-amino-alcohol motifs (C(OH)–C–C–N with tert-alkyl or cyclic N) is 1. The molecule has 2 saturated heterocycles. The Kier molecular flexibility index (Phi) is 5.20. The molecule has 25 heavy (non-hydrogen) atoms. The Morgan fingerprint density at radius 3 is 2.48 bits per heavy atom. The molecule has 2 heterocycles.